The van der Waals surface area contributed by atoms with E-state index in [0.717, 1.165) is 25.9 Å². The van der Waals surface area contributed by atoms with Crippen LogP contribution in [0.2, 0.25) is 0 Å². The van der Waals surface area contributed by atoms with Crippen molar-refractivity contribution in [2.45, 2.75) is 53.0 Å². The van der Waals surface area contributed by atoms with Gasteiger partial charge < -0.3 is 10.6 Å². The van der Waals surface area contributed by atoms with E-state index < -0.39 is 0 Å². The Balaban J connectivity index is 0. The van der Waals surface area contributed by atoms with Gasteiger partial charge in [-0.05, 0) is 39.9 Å². The summed E-state index contributed by atoms with van der Waals surface area (Å²) in [6.07, 6.45) is 2.28. The number of hydrogen-bond donors (Lipinski definition) is 1. The van der Waals surface area contributed by atoms with Crippen LogP contribution in [0.15, 0.2) is 0 Å². The molecular formula is C11H28N2. The smallest absolute Gasteiger partial charge is 0.0150 e. The average molecular weight is 188 g/mol. The first-order chi connectivity index (χ1) is 6.10. The van der Waals surface area contributed by atoms with Gasteiger partial charge in [0.25, 0.3) is 0 Å². The summed E-state index contributed by atoms with van der Waals surface area (Å²) in [6.45, 7) is 12.5. The van der Waals surface area contributed by atoms with Crippen molar-refractivity contribution in [3.05, 3.63) is 0 Å². The van der Waals surface area contributed by atoms with Gasteiger partial charge in [-0.25, -0.2) is 0 Å². The maximum absolute atomic E-state index is 5.91. The van der Waals surface area contributed by atoms with Crippen molar-refractivity contribution in [1.82, 2.24) is 4.90 Å². The minimum absolute atomic E-state index is 0.118. The molecule has 0 radical (unpaired) electrons. The van der Waals surface area contributed by atoms with Crippen molar-refractivity contribution >= 4 is 0 Å². The molecule has 0 aromatic heterocycles. The van der Waals surface area contributed by atoms with Crippen LogP contribution < -0.4 is 5.73 Å². The van der Waals surface area contributed by atoms with E-state index in [0.29, 0.717) is 0 Å². The average Bonchev–Trinajstić information content (AvgIpc) is 2.17. The van der Waals surface area contributed by atoms with E-state index in [4.69, 9.17) is 5.73 Å². The third-order valence-corrected chi connectivity index (χ3v) is 2.13. The van der Waals surface area contributed by atoms with Crippen LogP contribution in [0, 0.1) is 0 Å². The highest BCUT2D eigenvalue weighted by atomic mass is 15.1. The van der Waals surface area contributed by atoms with Gasteiger partial charge in [-0.3, -0.25) is 0 Å². The van der Waals surface area contributed by atoms with Crippen molar-refractivity contribution in [2.24, 2.45) is 5.73 Å². The molecule has 1 aliphatic rings. The molecule has 1 fully saturated rings. The first-order valence-electron chi connectivity index (χ1n) is 5.58. The van der Waals surface area contributed by atoms with Gasteiger partial charge in [-0.1, -0.05) is 27.7 Å². The van der Waals surface area contributed by atoms with Crippen LogP contribution in [0.3, 0.4) is 0 Å². The lowest BCUT2D eigenvalue weighted by atomic mass is 9.91. The van der Waals surface area contributed by atoms with Gasteiger partial charge in [0.2, 0.25) is 0 Å². The Kier molecular flexibility index (Phi) is 10.1. The van der Waals surface area contributed by atoms with Crippen molar-refractivity contribution in [3.8, 4) is 0 Å². The molecule has 2 N–H and O–H groups in total. The van der Waals surface area contributed by atoms with Gasteiger partial charge in [-0.15, -0.1) is 0 Å². The molecule has 0 spiro atoms. The topological polar surface area (TPSA) is 29.3 Å². The number of nitrogens with two attached hydrogens (primary N) is 1. The molecule has 0 amide bonds. The fraction of sp³-hybridized carbons (Fsp3) is 1.00. The highest BCUT2D eigenvalue weighted by Crippen LogP contribution is 2.16. The van der Waals surface area contributed by atoms with Crippen LogP contribution in [0.4, 0.5) is 0 Å². The summed E-state index contributed by atoms with van der Waals surface area (Å²) in [6, 6.07) is 0. The summed E-state index contributed by atoms with van der Waals surface area (Å²) in [5, 5.41) is 0. The largest absolute Gasteiger partial charge is 0.325 e. The van der Waals surface area contributed by atoms with Gasteiger partial charge in [0, 0.05) is 5.54 Å². The summed E-state index contributed by atoms with van der Waals surface area (Å²) in [4.78, 5) is 2.33. The lowest BCUT2D eigenvalue weighted by molar-refractivity contribution is 0.203. The quantitative estimate of drug-likeness (QED) is 0.633. The second-order valence-corrected chi connectivity index (χ2v) is 3.46. The van der Waals surface area contributed by atoms with Crippen molar-refractivity contribution < 1.29 is 0 Å². The van der Waals surface area contributed by atoms with Gasteiger partial charge in [-0.2, -0.15) is 0 Å². The van der Waals surface area contributed by atoms with E-state index in [1.165, 1.54) is 0 Å². The minimum atomic E-state index is 0.118. The lowest BCUT2D eigenvalue weighted by Gasteiger charge is -2.34. The van der Waals surface area contributed by atoms with Gasteiger partial charge in [0.15, 0.2) is 0 Å². The van der Waals surface area contributed by atoms with Crippen molar-refractivity contribution in [2.75, 3.05) is 20.1 Å². The molecule has 2 nitrogen and oxygen atoms in total. The number of rotatable bonds is 0. The second-order valence-electron chi connectivity index (χ2n) is 3.46. The number of hydrogen-bond acceptors (Lipinski definition) is 2. The Labute approximate surface area is 84.5 Å². The molecule has 82 valence electrons. The molecule has 1 heterocycles. The molecular weight excluding hydrogens is 160 g/mol. The molecule has 0 unspecified atom stereocenters. The monoisotopic (exact) mass is 188 g/mol. The molecule has 13 heavy (non-hydrogen) atoms. The Hall–Kier alpha value is -0.0800. The van der Waals surface area contributed by atoms with E-state index in [-0.39, 0.29) is 5.54 Å². The van der Waals surface area contributed by atoms with E-state index in [2.05, 4.69) is 18.9 Å². The Bertz CT molecular complexity index is 90.3. The number of likely N-dealkylation sites (tertiary alicyclic amines) is 1. The highest BCUT2D eigenvalue weighted by Gasteiger charge is 2.23. The molecule has 0 aliphatic carbocycles. The van der Waals surface area contributed by atoms with E-state index in [9.17, 15) is 0 Å². The SMILES string of the molecule is CC.CC.CN1CCC(C)(N)CC1. The minimum Gasteiger partial charge on any atom is -0.325 e. The van der Waals surface area contributed by atoms with Crippen molar-refractivity contribution in [1.29, 1.82) is 0 Å². The summed E-state index contributed by atoms with van der Waals surface area (Å²) < 4.78 is 0. The number of nitrogens with zero attached hydrogens (tertiary/aromatic N) is 1. The maximum Gasteiger partial charge on any atom is 0.0150 e. The van der Waals surface area contributed by atoms with Crippen LogP contribution in [0.25, 0.3) is 0 Å². The molecule has 0 atom stereocenters. The second kappa shape index (κ2) is 8.52. The molecule has 2 heteroatoms. The maximum atomic E-state index is 5.91. The lowest BCUT2D eigenvalue weighted by Crippen LogP contribution is -2.46. The fourth-order valence-electron chi connectivity index (χ4n) is 1.13. The molecule has 1 aliphatic heterocycles. The van der Waals surface area contributed by atoms with Crippen LogP contribution in [0.1, 0.15) is 47.5 Å². The van der Waals surface area contributed by atoms with E-state index in [1.54, 1.807) is 0 Å². The third-order valence-electron chi connectivity index (χ3n) is 2.13. The van der Waals surface area contributed by atoms with Crippen LogP contribution >= 0.6 is 0 Å². The predicted molar refractivity (Wildman–Crippen MR) is 62.0 cm³/mol. The summed E-state index contributed by atoms with van der Waals surface area (Å²) in [5.74, 6) is 0. The Morgan fingerprint density at radius 1 is 1.00 bits per heavy atom. The molecule has 1 rings (SSSR count). The number of piperidine rings is 1. The van der Waals surface area contributed by atoms with E-state index >= 15 is 0 Å². The molecule has 0 saturated carbocycles. The summed E-state index contributed by atoms with van der Waals surface area (Å²) >= 11 is 0. The van der Waals surface area contributed by atoms with E-state index in [1.807, 2.05) is 27.7 Å². The Morgan fingerprint density at radius 3 is 1.54 bits per heavy atom. The van der Waals surface area contributed by atoms with Crippen LogP contribution in [0.5, 0.6) is 0 Å². The highest BCUT2D eigenvalue weighted by molar-refractivity contribution is 4.84. The van der Waals surface area contributed by atoms with Gasteiger partial charge in [0.1, 0.15) is 0 Å². The van der Waals surface area contributed by atoms with Crippen LogP contribution in [-0.2, 0) is 0 Å². The summed E-state index contributed by atoms with van der Waals surface area (Å²) in [5.41, 5.74) is 6.03. The first-order valence-corrected chi connectivity index (χ1v) is 5.58. The molecule has 0 aromatic carbocycles. The third kappa shape index (κ3) is 8.26. The molecule has 1 saturated heterocycles. The zero-order valence-electron chi connectivity index (χ0n) is 10.4. The molecule has 0 aromatic rings. The normalized spacial score (nSPS) is 20.5. The van der Waals surface area contributed by atoms with Crippen molar-refractivity contribution in [3.63, 3.8) is 0 Å². The standard InChI is InChI=1S/C7H16N2.2C2H6/c1-7(8)3-5-9(2)6-4-7;2*1-2/h3-6,8H2,1-2H3;2*1-2H3. The summed E-state index contributed by atoms with van der Waals surface area (Å²) in [7, 11) is 2.15. The predicted octanol–water partition coefficient (Wildman–Crippen LogP) is 2.48. The first kappa shape index (κ1) is 15.4. The Morgan fingerprint density at radius 2 is 1.31 bits per heavy atom. The van der Waals surface area contributed by atoms with Gasteiger partial charge in [0.05, 0.1) is 0 Å². The van der Waals surface area contributed by atoms with Gasteiger partial charge >= 0.3 is 0 Å². The zero-order valence-corrected chi connectivity index (χ0v) is 10.4. The fourth-order valence-corrected chi connectivity index (χ4v) is 1.13. The van der Waals surface area contributed by atoms with Crippen LogP contribution in [-0.4, -0.2) is 30.6 Å². The zero-order chi connectivity index (χ0) is 10.9. The molecule has 0 bridgehead atoms.